The van der Waals surface area contributed by atoms with E-state index < -0.39 is 0 Å². The molecule has 0 aromatic rings. The lowest BCUT2D eigenvalue weighted by molar-refractivity contribution is -0.111. The Kier molecular flexibility index (Phi) is 2.90. The largest absolute Gasteiger partial charge is 0.290 e. The topological polar surface area (TPSA) is 17.1 Å². The van der Waals surface area contributed by atoms with Gasteiger partial charge in [-0.15, -0.1) is 0 Å². The Hall–Kier alpha value is -1.37. The third kappa shape index (κ3) is 1.92. The number of rotatable bonds is 2. The van der Waals surface area contributed by atoms with Crippen molar-refractivity contribution >= 4 is 5.78 Å². The van der Waals surface area contributed by atoms with Crippen LogP contribution in [-0.4, -0.2) is 5.78 Å². The van der Waals surface area contributed by atoms with E-state index in [1.807, 2.05) is 20.8 Å². The average Bonchev–Trinajstić information content (AvgIpc) is 2.08. The van der Waals surface area contributed by atoms with Crippen LogP contribution in [0.4, 0.5) is 0 Å². The molecule has 0 aliphatic heterocycles. The summed E-state index contributed by atoms with van der Waals surface area (Å²) in [5, 5.41) is 0. The van der Waals surface area contributed by atoms with Gasteiger partial charge in [-0.1, -0.05) is 24.3 Å². The highest BCUT2D eigenvalue weighted by atomic mass is 16.1. The van der Waals surface area contributed by atoms with Gasteiger partial charge in [0.2, 0.25) is 0 Å². The quantitative estimate of drug-likeness (QED) is 0.649. The maximum Gasteiger partial charge on any atom is 0.182 e. The van der Waals surface area contributed by atoms with Crippen LogP contribution in [-0.2, 0) is 4.79 Å². The van der Waals surface area contributed by atoms with Gasteiger partial charge in [0.1, 0.15) is 0 Å². The van der Waals surface area contributed by atoms with E-state index in [2.05, 4.69) is 13.2 Å². The van der Waals surface area contributed by atoms with E-state index in [1.54, 1.807) is 6.08 Å². The van der Waals surface area contributed by atoms with Gasteiger partial charge >= 0.3 is 0 Å². The van der Waals surface area contributed by atoms with Crippen LogP contribution in [0.25, 0.3) is 0 Å². The van der Waals surface area contributed by atoms with Gasteiger partial charge < -0.3 is 0 Å². The summed E-state index contributed by atoms with van der Waals surface area (Å²) in [5.74, 6) is 0.0900. The highest BCUT2D eigenvalue weighted by molar-refractivity contribution is 6.06. The summed E-state index contributed by atoms with van der Waals surface area (Å²) in [4.78, 5) is 11.6. The molecule has 0 unspecified atom stereocenters. The molecule has 0 N–H and O–H groups in total. The second-order valence-electron chi connectivity index (χ2n) is 3.87. The second kappa shape index (κ2) is 3.79. The first kappa shape index (κ1) is 10.7. The Labute approximate surface area is 85.5 Å². The lowest BCUT2D eigenvalue weighted by Crippen LogP contribution is -2.09. The fourth-order valence-electron chi connectivity index (χ4n) is 1.53. The highest BCUT2D eigenvalue weighted by Crippen LogP contribution is 2.29. The van der Waals surface area contributed by atoms with Crippen LogP contribution in [0.3, 0.4) is 0 Å². The molecule has 1 heteroatoms. The predicted molar refractivity (Wildman–Crippen MR) is 60.0 cm³/mol. The summed E-state index contributed by atoms with van der Waals surface area (Å²) in [6.45, 7) is 13.5. The third-order valence-electron chi connectivity index (χ3n) is 2.56. The van der Waals surface area contributed by atoms with Crippen molar-refractivity contribution in [2.75, 3.05) is 0 Å². The Morgan fingerprint density at radius 1 is 1.29 bits per heavy atom. The van der Waals surface area contributed by atoms with E-state index in [9.17, 15) is 4.79 Å². The van der Waals surface area contributed by atoms with Crippen molar-refractivity contribution in [1.82, 2.24) is 0 Å². The third-order valence-corrected chi connectivity index (χ3v) is 2.56. The van der Waals surface area contributed by atoms with Gasteiger partial charge in [-0.2, -0.15) is 0 Å². The number of hydrogen-bond acceptors (Lipinski definition) is 1. The molecule has 0 aromatic carbocycles. The van der Waals surface area contributed by atoms with Gasteiger partial charge in [-0.3, -0.25) is 4.79 Å². The number of ketones is 1. The molecular weight excluding hydrogens is 172 g/mol. The predicted octanol–water partition coefficient (Wildman–Crippen LogP) is 3.35. The van der Waals surface area contributed by atoms with E-state index in [0.29, 0.717) is 0 Å². The highest BCUT2D eigenvalue weighted by Gasteiger charge is 2.17. The van der Waals surface area contributed by atoms with Crippen molar-refractivity contribution in [2.24, 2.45) is 0 Å². The molecule has 0 radical (unpaired) electrons. The molecule has 1 nitrogen and oxygen atoms in total. The number of allylic oxidation sites excluding steroid dienone is 6. The van der Waals surface area contributed by atoms with Crippen molar-refractivity contribution in [1.29, 1.82) is 0 Å². The summed E-state index contributed by atoms with van der Waals surface area (Å²) in [6, 6.07) is 0. The molecule has 0 fully saturated rings. The van der Waals surface area contributed by atoms with Crippen molar-refractivity contribution in [3.8, 4) is 0 Å². The second-order valence-corrected chi connectivity index (χ2v) is 3.87. The van der Waals surface area contributed by atoms with Crippen LogP contribution in [0, 0.1) is 0 Å². The zero-order chi connectivity index (χ0) is 10.9. The van der Waals surface area contributed by atoms with Crippen molar-refractivity contribution in [3.63, 3.8) is 0 Å². The molecule has 0 aromatic heterocycles. The SMILES string of the molecule is C=C(C)C1=CC(=O)C(C)=C(C(=C)C)C1. The van der Waals surface area contributed by atoms with Crippen LogP contribution < -0.4 is 0 Å². The van der Waals surface area contributed by atoms with Crippen LogP contribution >= 0.6 is 0 Å². The summed E-state index contributed by atoms with van der Waals surface area (Å²) in [6.07, 6.45) is 2.48. The summed E-state index contributed by atoms with van der Waals surface area (Å²) >= 11 is 0. The maximum absolute atomic E-state index is 11.6. The van der Waals surface area contributed by atoms with Gasteiger partial charge in [0.25, 0.3) is 0 Å². The Balaban J connectivity index is 3.11. The average molecular weight is 188 g/mol. The fraction of sp³-hybridized carbons (Fsp3) is 0.308. The standard InChI is InChI=1S/C13H16O/c1-8(2)11-6-12(9(3)4)10(5)13(14)7-11/h7H,1,3,6H2,2,4-5H3. The normalized spacial score (nSPS) is 16.8. The summed E-state index contributed by atoms with van der Waals surface area (Å²) < 4.78 is 0. The van der Waals surface area contributed by atoms with Crippen molar-refractivity contribution in [3.05, 3.63) is 47.1 Å². The Bertz CT molecular complexity index is 378. The molecule has 14 heavy (non-hydrogen) atoms. The molecule has 1 rings (SSSR count). The smallest absolute Gasteiger partial charge is 0.182 e. The van der Waals surface area contributed by atoms with Gasteiger partial charge in [0.05, 0.1) is 0 Å². The zero-order valence-corrected chi connectivity index (χ0v) is 9.11. The molecule has 0 saturated heterocycles. The molecule has 0 saturated carbocycles. The van der Waals surface area contributed by atoms with E-state index in [0.717, 1.165) is 34.3 Å². The van der Waals surface area contributed by atoms with Gasteiger partial charge in [0.15, 0.2) is 5.78 Å². The molecule has 0 atom stereocenters. The van der Waals surface area contributed by atoms with E-state index >= 15 is 0 Å². The Morgan fingerprint density at radius 3 is 2.29 bits per heavy atom. The van der Waals surface area contributed by atoms with Crippen molar-refractivity contribution < 1.29 is 4.79 Å². The molecule has 0 spiro atoms. The first-order valence-electron chi connectivity index (χ1n) is 4.70. The van der Waals surface area contributed by atoms with Crippen LogP contribution in [0.1, 0.15) is 27.2 Å². The van der Waals surface area contributed by atoms with Crippen molar-refractivity contribution in [2.45, 2.75) is 27.2 Å². The number of hydrogen-bond donors (Lipinski definition) is 0. The Morgan fingerprint density at radius 2 is 1.86 bits per heavy atom. The van der Waals surface area contributed by atoms with Gasteiger partial charge in [-0.25, -0.2) is 0 Å². The lowest BCUT2D eigenvalue weighted by Gasteiger charge is -2.18. The molecular formula is C13H16O. The maximum atomic E-state index is 11.6. The van der Waals surface area contributed by atoms with Crippen LogP contribution in [0.2, 0.25) is 0 Å². The molecule has 1 aliphatic rings. The fourth-order valence-corrected chi connectivity index (χ4v) is 1.53. The zero-order valence-electron chi connectivity index (χ0n) is 9.11. The lowest BCUT2D eigenvalue weighted by atomic mass is 9.86. The molecule has 1 aliphatic carbocycles. The molecule has 0 amide bonds. The van der Waals surface area contributed by atoms with Crippen LogP contribution in [0.5, 0.6) is 0 Å². The first-order chi connectivity index (χ1) is 6.43. The first-order valence-corrected chi connectivity index (χ1v) is 4.70. The molecule has 0 heterocycles. The summed E-state index contributed by atoms with van der Waals surface area (Å²) in [7, 11) is 0. The number of carbonyl (C=O) groups excluding carboxylic acids is 1. The summed E-state index contributed by atoms with van der Waals surface area (Å²) in [5.41, 5.74) is 4.85. The van der Waals surface area contributed by atoms with Gasteiger partial charge in [0, 0.05) is 5.57 Å². The minimum Gasteiger partial charge on any atom is -0.290 e. The van der Waals surface area contributed by atoms with Gasteiger partial charge in [-0.05, 0) is 44.4 Å². The monoisotopic (exact) mass is 188 g/mol. The number of carbonyl (C=O) groups is 1. The minimum atomic E-state index is 0.0900. The minimum absolute atomic E-state index is 0.0900. The van der Waals surface area contributed by atoms with E-state index in [-0.39, 0.29) is 5.78 Å². The van der Waals surface area contributed by atoms with E-state index in [1.165, 1.54) is 0 Å². The molecule has 0 bridgehead atoms. The molecule has 74 valence electrons. The van der Waals surface area contributed by atoms with Crippen LogP contribution in [0.15, 0.2) is 47.1 Å². The van der Waals surface area contributed by atoms with E-state index in [4.69, 9.17) is 0 Å².